The maximum atomic E-state index is 12.7. The van der Waals surface area contributed by atoms with Crippen LogP contribution in [0.15, 0.2) is 40.8 Å². The number of hydrogen-bond acceptors (Lipinski definition) is 6. The zero-order valence-electron chi connectivity index (χ0n) is 14.6. The number of piperazine rings is 1. The van der Waals surface area contributed by atoms with E-state index in [4.69, 9.17) is 9.15 Å². The number of benzene rings is 2. The van der Waals surface area contributed by atoms with Crippen molar-refractivity contribution >= 4 is 45.3 Å². The Morgan fingerprint density at radius 2 is 2.04 bits per heavy atom. The molecule has 138 valence electrons. The van der Waals surface area contributed by atoms with Crippen molar-refractivity contribution in [1.29, 1.82) is 0 Å². The summed E-state index contributed by atoms with van der Waals surface area (Å²) < 4.78 is 12.5. The summed E-state index contributed by atoms with van der Waals surface area (Å²) in [6.45, 7) is 3.85. The van der Waals surface area contributed by atoms with Crippen LogP contribution in [0.4, 0.5) is 5.69 Å². The van der Waals surface area contributed by atoms with Crippen LogP contribution >= 0.6 is 22.6 Å². The van der Waals surface area contributed by atoms with Gasteiger partial charge in [-0.2, -0.15) is 0 Å². The van der Waals surface area contributed by atoms with Gasteiger partial charge in [-0.1, -0.05) is 12.1 Å². The molecule has 5 rings (SSSR count). The molecule has 2 aliphatic heterocycles. The van der Waals surface area contributed by atoms with Crippen LogP contribution in [0.5, 0.6) is 5.75 Å². The van der Waals surface area contributed by atoms with Crippen molar-refractivity contribution in [3.8, 4) is 5.75 Å². The van der Waals surface area contributed by atoms with Gasteiger partial charge in [0.2, 0.25) is 5.89 Å². The fraction of sp³-hybridized carbons (Fsp3) is 0.300. The van der Waals surface area contributed by atoms with Gasteiger partial charge in [-0.3, -0.25) is 4.79 Å². The number of esters is 1. The van der Waals surface area contributed by atoms with Gasteiger partial charge < -0.3 is 19.4 Å². The minimum Gasteiger partial charge on any atom is -0.440 e. The zero-order valence-corrected chi connectivity index (χ0v) is 16.7. The number of fused-ring (bicyclic) bond motifs is 2. The molecule has 1 aromatic heterocycles. The third-order valence-corrected chi connectivity index (χ3v) is 6.01. The molecule has 0 aliphatic carbocycles. The van der Waals surface area contributed by atoms with Gasteiger partial charge in [0, 0.05) is 41.5 Å². The minimum absolute atomic E-state index is 0.304. The third kappa shape index (κ3) is 3.08. The fourth-order valence-electron chi connectivity index (χ4n) is 3.68. The van der Waals surface area contributed by atoms with Gasteiger partial charge in [0.1, 0.15) is 17.2 Å². The first-order chi connectivity index (χ1) is 13.2. The predicted octanol–water partition coefficient (Wildman–Crippen LogP) is 3.09. The van der Waals surface area contributed by atoms with Gasteiger partial charge in [-0.25, -0.2) is 4.98 Å². The molecule has 2 aromatic carbocycles. The number of carbonyl (C=O) groups is 1. The molecule has 1 N–H and O–H groups in total. The van der Waals surface area contributed by atoms with E-state index in [1.165, 1.54) is 0 Å². The molecule has 27 heavy (non-hydrogen) atoms. The molecule has 0 spiro atoms. The van der Waals surface area contributed by atoms with Crippen LogP contribution < -0.4 is 15.0 Å². The lowest BCUT2D eigenvalue weighted by Gasteiger charge is -2.30. The Labute approximate surface area is 170 Å². The molecule has 0 bridgehead atoms. The van der Waals surface area contributed by atoms with E-state index in [0.29, 0.717) is 23.6 Å². The summed E-state index contributed by atoms with van der Waals surface area (Å²) in [7, 11) is 0. The number of halogens is 1. The summed E-state index contributed by atoms with van der Waals surface area (Å²) in [6, 6.07) is 11.9. The van der Waals surface area contributed by atoms with Crippen LogP contribution in [0.25, 0.3) is 11.1 Å². The highest BCUT2D eigenvalue weighted by Gasteiger charge is 2.34. The van der Waals surface area contributed by atoms with Crippen LogP contribution in [0.2, 0.25) is 0 Å². The molecular weight excluding hydrogens is 457 g/mol. The van der Waals surface area contributed by atoms with E-state index in [9.17, 15) is 4.79 Å². The molecule has 0 radical (unpaired) electrons. The number of rotatable bonds is 2. The Bertz CT molecular complexity index is 1030. The van der Waals surface area contributed by atoms with Gasteiger partial charge in [0.05, 0.1) is 0 Å². The van der Waals surface area contributed by atoms with E-state index in [-0.39, 0.29) is 5.97 Å². The molecule has 3 heterocycles. The van der Waals surface area contributed by atoms with E-state index < -0.39 is 5.92 Å². The number of carbonyl (C=O) groups excluding carboxylic acids is 1. The number of ether oxygens (including phenoxy) is 1. The standard InChI is InChI=1S/C20H18IN3O3/c21-15-2-1-3-16-18(15)23-19(26-16)14-10-12-4-5-13(11-17(12)27-20(14)25)24-8-6-22-7-9-24/h1-5,11,14,22H,6-10H2. The summed E-state index contributed by atoms with van der Waals surface area (Å²) in [4.78, 5) is 19.5. The summed E-state index contributed by atoms with van der Waals surface area (Å²) in [5.74, 6) is 0.265. The molecule has 1 atom stereocenters. The van der Waals surface area contributed by atoms with E-state index in [1.807, 2.05) is 24.3 Å². The van der Waals surface area contributed by atoms with Crippen molar-refractivity contribution in [3.05, 3.63) is 51.4 Å². The van der Waals surface area contributed by atoms with Gasteiger partial charge >= 0.3 is 5.97 Å². The Hall–Kier alpha value is -2.13. The van der Waals surface area contributed by atoms with Crippen LogP contribution in [0, 0.1) is 3.57 Å². The van der Waals surface area contributed by atoms with Crippen LogP contribution in [0.3, 0.4) is 0 Å². The third-order valence-electron chi connectivity index (χ3n) is 5.14. The summed E-state index contributed by atoms with van der Waals surface area (Å²) in [5, 5.41) is 3.35. The van der Waals surface area contributed by atoms with Crippen molar-refractivity contribution in [2.45, 2.75) is 12.3 Å². The maximum absolute atomic E-state index is 12.7. The van der Waals surface area contributed by atoms with E-state index in [1.54, 1.807) is 0 Å². The van der Waals surface area contributed by atoms with Crippen LogP contribution in [0.1, 0.15) is 17.4 Å². The first kappa shape index (κ1) is 17.0. The first-order valence-electron chi connectivity index (χ1n) is 9.04. The van der Waals surface area contributed by atoms with Gasteiger partial charge in [-0.15, -0.1) is 0 Å². The topological polar surface area (TPSA) is 67.6 Å². The van der Waals surface area contributed by atoms with E-state index in [0.717, 1.165) is 46.5 Å². The number of nitrogens with zero attached hydrogens (tertiary/aromatic N) is 2. The molecule has 2 aliphatic rings. The van der Waals surface area contributed by atoms with Gasteiger partial charge in [0.25, 0.3) is 0 Å². The second-order valence-corrected chi connectivity index (χ2v) is 8.01. The Morgan fingerprint density at radius 1 is 1.19 bits per heavy atom. The molecule has 1 unspecified atom stereocenters. The summed E-state index contributed by atoms with van der Waals surface area (Å²) in [6.07, 6.45) is 0.541. The van der Waals surface area contributed by atoms with Crippen molar-refractivity contribution < 1.29 is 13.9 Å². The first-order valence-corrected chi connectivity index (χ1v) is 10.1. The molecule has 3 aromatic rings. The average molecular weight is 475 g/mol. The van der Waals surface area contributed by atoms with Crippen LogP contribution in [-0.4, -0.2) is 37.1 Å². The highest BCUT2D eigenvalue weighted by molar-refractivity contribution is 14.1. The number of nitrogens with one attached hydrogen (secondary N) is 1. The maximum Gasteiger partial charge on any atom is 0.324 e. The molecule has 6 nitrogen and oxygen atoms in total. The quantitative estimate of drug-likeness (QED) is 0.349. The lowest BCUT2D eigenvalue weighted by molar-refractivity contribution is -0.137. The van der Waals surface area contributed by atoms with Crippen molar-refractivity contribution in [3.63, 3.8) is 0 Å². The summed E-state index contributed by atoms with van der Waals surface area (Å²) in [5.41, 5.74) is 3.60. The molecule has 1 fully saturated rings. The Morgan fingerprint density at radius 3 is 2.85 bits per heavy atom. The Kier molecular flexibility index (Phi) is 4.28. The number of hydrogen-bond donors (Lipinski definition) is 1. The highest BCUT2D eigenvalue weighted by Crippen LogP contribution is 2.37. The normalized spacial score (nSPS) is 19.8. The van der Waals surface area contributed by atoms with Crippen molar-refractivity contribution in [1.82, 2.24) is 10.3 Å². The number of aromatic nitrogens is 1. The predicted molar refractivity (Wildman–Crippen MR) is 110 cm³/mol. The molecule has 0 saturated carbocycles. The smallest absolute Gasteiger partial charge is 0.324 e. The lowest BCUT2D eigenvalue weighted by Crippen LogP contribution is -2.43. The average Bonchev–Trinajstić information content (AvgIpc) is 3.13. The van der Waals surface area contributed by atoms with E-state index >= 15 is 0 Å². The molecular formula is C20H18IN3O3. The second kappa shape index (κ2) is 6.79. The van der Waals surface area contributed by atoms with E-state index in [2.05, 4.69) is 49.9 Å². The second-order valence-electron chi connectivity index (χ2n) is 6.85. The fourth-order valence-corrected chi connectivity index (χ4v) is 4.27. The van der Waals surface area contributed by atoms with Crippen molar-refractivity contribution in [2.75, 3.05) is 31.1 Å². The minimum atomic E-state index is -0.509. The monoisotopic (exact) mass is 475 g/mol. The van der Waals surface area contributed by atoms with Gasteiger partial charge in [-0.05, 0) is 52.8 Å². The lowest BCUT2D eigenvalue weighted by atomic mass is 9.95. The SMILES string of the molecule is O=C1Oc2cc(N3CCNCC3)ccc2CC1c1nc2c(I)cccc2o1. The largest absolute Gasteiger partial charge is 0.440 e. The number of para-hydroxylation sites is 1. The van der Waals surface area contributed by atoms with Gasteiger partial charge in [0.15, 0.2) is 5.58 Å². The highest BCUT2D eigenvalue weighted by atomic mass is 127. The summed E-state index contributed by atoms with van der Waals surface area (Å²) >= 11 is 2.22. The number of anilines is 1. The molecule has 0 amide bonds. The zero-order chi connectivity index (χ0) is 18.4. The molecule has 1 saturated heterocycles. The number of oxazole rings is 1. The van der Waals surface area contributed by atoms with Crippen LogP contribution in [-0.2, 0) is 11.2 Å². The molecule has 7 heteroatoms. The van der Waals surface area contributed by atoms with Crippen molar-refractivity contribution in [2.24, 2.45) is 0 Å². The Balaban J connectivity index is 1.45.